The molecule has 0 radical (unpaired) electrons. The summed E-state index contributed by atoms with van der Waals surface area (Å²) in [6.07, 6.45) is 7.74. The zero-order valence-electron chi connectivity index (χ0n) is 25.8. The summed E-state index contributed by atoms with van der Waals surface area (Å²) in [6, 6.07) is 8.30. The van der Waals surface area contributed by atoms with E-state index in [1.165, 1.54) is 0 Å². The van der Waals surface area contributed by atoms with E-state index in [1.807, 2.05) is 35.2 Å². The van der Waals surface area contributed by atoms with Gasteiger partial charge < -0.3 is 19.8 Å². The summed E-state index contributed by atoms with van der Waals surface area (Å²) < 4.78 is -0.732. The first-order chi connectivity index (χ1) is 20.2. The van der Waals surface area contributed by atoms with Crippen molar-refractivity contribution >= 4 is 35.2 Å². The van der Waals surface area contributed by atoms with Crippen LogP contribution in [0.2, 0.25) is 0 Å². The van der Waals surface area contributed by atoms with E-state index in [1.54, 1.807) is 33.7 Å². The maximum atomic E-state index is 14.7. The highest BCUT2D eigenvalue weighted by Gasteiger charge is 2.77. The SMILES string of the molecule is C=CCN(CCCCC)C(=O)C1N([C@@H](CO)CC(C)C)C(=O)[C@@H]2[C@H](C(=O)N(CC=C)c3ccccc3)[C@@H]3CC(C)C12S3. The Morgan fingerprint density at radius 1 is 1.14 bits per heavy atom. The van der Waals surface area contributed by atoms with E-state index < -0.39 is 28.7 Å². The molecule has 0 aromatic heterocycles. The molecule has 7 nitrogen and oxygen atoms in total. The zero-order chi connectivity index (χ0) is 30.6. The summed E-state index contributed by atoms with van der Waals surface area (Å²) in [4.78, 5) is 49.1. The number of hydrogen-bond acceptors (Lipinski definition) is 5. The lowest BCUT2D eigenvalue weighted by Crippen LogP contribution is -2.59. The number of unbranched alkanes of at least 4 members (excludes halogenated alkanes) is 2. The van der Waals surface area contributed by atoms with Gasteiger partial charge in [0.2, 0.25) is 17.7 Å². The number of thioether (sulfide) groups is 1. The zero-order valence-corrected chi connectivity index (χ0v) is 26.6. The monoisotopic (exact) mass is 595 g/mol. The van der Waals surface area contributed by atoms with Gasteiger partial charge in [0.1, 0.15) is 6.04 Å². The van der Waals surface area contributed by atoms with Gasteiger partial charge in [0.15, 0.2) is 0 Å². The maximum absolute atomic E-state index is 14.7. The number of fused-ring (bicyclic) bond motifs is 1. The molecule has 1 aromatic rings. The Balaban J connectivity index is 1.81. The minimum atomic E-state index is -0.736. The van der Waals surface area contributed by atoms with Crippen LogP contribution in [0.1, 0.15) is 59.8 Å². The third-order valence-electron chi connectivity index (χ3n) is 9.39. The largest absolute Gasteiger partial charge is 0.394 e. The highest BCUT2D eigenvalue weighted by Crippen LogP contribution is 2.69. The standard InChI is InChI=1S/C34H49N3O4S/c1-7-10-14-19-35(17-8-2)33(41)30-34-24(6)21-27(42-34)28(29(34)32(40)37(30)26(22-38)20-23(4)5)31(39)36(18-9-3)25-15-12-11-13-16-25/h8-9,11-13,15-16,23-24,26-30,38H,2-3,7,10,14,17-22H2,1,4-6H3/t24?,26-,27+,28-,29+,30?,34?/m1/s1. The van der Waals surface area contributed by atoms with Gasteiger partial charge in [0.05, 0.1) is 29.2 Å². The molecule has 1 N–H and O–H groups in total. The number of rotatable bonds is 15. The molecule has 3 saturated heterocycles. The first-order valence-electron chi connectivity index (χ1n) is 15.7. The van der Waals surface area contributed by atoms with E-state index in [0.29, 0.717) is 26.1 Å². The molecule has 0 saturated carbocycles. The molecule has 3 aliphatic heterocycles. The number of para-hydroxylation sites is 1. The average Bonchev–Trinajstić information content (AvgIpc) is 3.57. The van der Waals surface area contributed by atoms with Crippen LogP contribution >= 0.6 is 11.8 Å². The van der Waals surface area contributed by atoms with Gasteiger partial charge in [-0.1, -0.05) is 70.9 Å². The fourth-order valence-corrected chi connectivity index (χ4v) is 10.0. The van der Waals surface area contributed by atoms with Crippen LogP contribution in [-0.2, 0) is 14.4 Å². The van der Waals surface area contributed by atoms with E-state index in [0.717, 1.165) is 31.4 Å². The van der Waals surface area contributed by atoms with Gasteiger partial charge >= 0.3 is 0 Å². The van der Waals surface area contributed by atoms with Crippen LogP contribution in [-0.4, -0.2) is 80.9 Å². The van der Waals surface area contributed by atoms with Crippen LogP contribution < -0.4 is 4.90 Å². The number of carbonyl (C=O) groups is 3. The van der Waals surface area contributed by atoms with Crippen molar-refractivity contribution in [3.8, 4) is 0 Å². The van der Waals surface area contributed by atoms with Crippen molar-refractivity contribution in [1.82, 2.24) is 9.80 Å². The lowest BCUT2D eigenvalue weighted by Gasteiger charge is -2.42. The molecule has 3 unspecified atom stereocenters. The number of nitrogens with zero attached hydrogens (tertiary/aromatic N) is 3. The lowest BCUT2D eigenvalue weighted by atomic mass is 9.65. The Bertz CT molecular complexity index is 1140. The molecule has 3 fully saturated rings. The van der Waals surface area contributed by atoms with E-state index in [2.05, 4.69) is 40.9 Å². The molecule has 8 heteroatoms. The molecule has 3 heterocycles. The Morgan fingerprint density at radius 2 is 1.83 bits per heavy atom. The second kappa shape index (κ2) is 13.8. The van der Waals surface area contributed by atoms with Crippen LogP contribution in [0, 0.1) is 23.7 Å². The number of anilines is 1. The number of aliphatic hydroxyl groups excluding tert-OH is 1. The Hall–Kier alpha value is -2.58. The van der Waals surface area contributed by atoms with Gasteiger partial charge in [-0.05, 0) is 43.2 Å². The summed E-state index contributed by atoms with van der Waals surface area (Å²) in [5.74, 6) is -1.23. The smallest absolute Gasteiger partial charge is 0.247 e. The second-order valence-corrected chi connectivity index (χ2v) is 14.2. The molecule has 3 aliphatic rings. The van der Waals surface area contributed by atoms with Gasteiger partial charge in [-0.2, -0.15) is 0 Å². The Kier molecular flexibility index (Phi) is 10.6. The molecule has 4 rings (SSSR count). The maximum Gasteiger partial charge on any atom is 0.247 e. The van der Waals surface area contributed by atoms with Crippen LogP contribution in [0.25, 0.3) is 0 Å². The third kappa shape index (κ3) is 5.69. The van der Waals surface area contributed by atoms with Crippen molar-refractivity contribution in [2.24, 2.45) is 23.7 Å². The van der Waals surface area contributed by atoms with Crippen molar-refractivity contribution in [3.05, 3.63) is 55.6 Å². The summed E-state index contributed by atoms with van der Waals surface area (Å²) in [5.41, 5.74) is 0.772. The van der Waals surface area contributed by atoms with Crippen LogP contribution in [0.5, 0.6) is 0 Å². The highest BCUT2D eigenvalue weighted by atomic mass is 32.2. The normalized spacial score (nSPS) is 28.6. The fourth-order valence-electron chi connectivity index (χ4n) is 7.65. The third-order valence-corrected chi connectivity index (χ3v) is 11.5. The van der Waals surface area contributed by atoms with Crippen LogP contribution in [0.4, 0.5) is 5.69 Å². The van der Waals surface area contributed by atoms with Crippen LogP contribution in [0.3, 0.4) is 0 Å². The van der Waals surface area contributed by atoms with Gasteiger partial charge in [0.25, 0.3) is 0 Å². The lowest BCUT2D eigenvalue weighted by molar-refractivity contribution is -0.146. The quantitative estimate of drug-likeness (QED) is 0.224. The minimum absolute atomic E-state index is 0.0550. The predicted molar refractivity (Wildman–Crippen MR) is 171 cm³/mol. The van der Waals surface area contributed by atoms with Gasteiger partial charge in [-0.3, -0.25) is 14.4 Å². The van der Waals surface area contributed by atoms with Crippen molar-refractivity contribution in [3.63, 3.8) is 0 Å². The highest BCUT2D eigenvalue weighted by molar-refractivity contribution is 8.02. The number of benzene rings is 1. The van der Waals surface area contributed by atoms with Gasteiger partial charge in [0, 0.05) is 30.6 Å². The molecule has 0 aliphatic carbocycles. The number of amides is 3. The molecule has 2 bridgehead atoms. The fraction of sp³-hybridized carbons (Fsp3) is 0.618. The molecule has 7 atom stereocenters. The van der Waals surface area contributed by atoms with E-state index in [-0.39, 0.29) is 41.4 Å². The summed E-state index contributed by atoms with van der Waals surface area (Å²) in [6.45, 7) is 17.3. The summed E-state index contributed by atoms with van der Waals surface area (Å²) in [5, 5.41) is 10.6. The molecule has 1 spiro atoms. The number of hydrogen-bond donors (Lipinski definition) is 1. The number of aliphatic hydroxyl groups is 1. The predicted octanol–water partition coefficient (Wildman–Crippen LogP) is 5.15. The van der Waals surface area contributed by atoms with E-state index >= 15 is 0 Å². The molecule has 42 heavy (non-hydrogen) atoms. The Labute approximate surface area is 256 Å². The molecule has 3 amide bonds. The first-order valence-corrected chi connectivity index (χ1v) is 16.5. The minimum Gasteiger partial charge on any atom is -0.394 e. The van der Waals surface area contributed by atoms with Crippen molar-refractivity contribution in [1.29, 1.82) is 0 Å². The van der Waals surface area contributed by atoms with Crippen LogP contribution in [0.15, 0.2) is 55.6 Å². The molecule has 1 aromatic carbocycles. The average molecular weight is 596 g/mol. The van der Waals surface area contributed by atoms with Gasteiger partial charge in [-0.15, -0.1) is 24.9 Å². The summed E-state index contributed by atoms with van der Waals surface area (Å²) in [7, 11) is 0. The van der Waals surface area contributed by atoms with Crippen molar-refractivity contribution in [2.45, 2.75) is 81.9 Å². The molecule has 230 valence electrons. The first kappa shape index (κ1) is 32.3. The van der Waals surface area contributed by atoms with E-state index in [9.17, 15) is 19.5 Å². The number of carbonyl (C=O) groups excluding carboxylic acids is 3. The van der Waals surface area contributed by atoms with Crippen molar-refractivity contribution in [2.75, 3.05) is 31.1 Å². The molecular formula is C34H49N3O4S. The number of likely N-dealkylation sites (tertiary alicyclic amines) is 1. The topological polar surface area (TPSA) is 81.2 Å². The van der Waals surface area contributed by atoms with Gasteiger partial charge in [-0.25, -0.2) is 0 Å². The Morgan fingerprint density at radius 3 is 2.43 bits per heavy atom. The van der Waals surface area contributed by atoms with E-state index in [4.69, 9.17) is 0 Å². The van der Waals surface area contributed by atoms with Crippen molar-refractivity contribution < 1.29 is 19.5 Å². The molecular weight excluding hydrogens is 546 g/mol. The second-order valence-electron chi connectivity index (χ2n) is 12.6. The summed E-state index contributed by atoms with van der Waals surface area (Å²) >= 11 is 1.69.